The molecule has 2 heterocycles. The minimum atomic E-state index is -0.765. The van der Waals surface area contributed by atoms with Crippen molar-refractivity contribution in [3.05, 3.63) is 142 Å². The molecule has 2 atom stereocenters. The number of aryl methyl sites for hydroxylation is 2. The highest BCUT2D eigenvalue weighted by molar-refractivity contribution is 8.15. The van der Waals surface area contributed by atoms with Gasteiger partial charge in [-0.15, -0.1) is 0 Å². The Labute approximate surface area is 318 Å². The average molecular weight is 773 g/mol. The van der Waals surface area contributed by atoms with E-state index in [1.165, 1.54) is 41.2 Å². The molecule has 0 N–H and O–H groups in total. The largest absolute Gasteiger partial charge is 0.375 e. The smallest absolute Gasteiger partial charge is 0.270 e. The van der Waals surface area contributed by atoms with Gasteiger partial charge in [0.05, 0.1) is 0 Å². The average Bonchev–Trinajstić information content (AvgIpc) is 3.87. The lowest BCUT2D eigenvalue weighted by Crippen LogP contribution is -2.45. The number of fused-ring (bicyclic) bond motifs is 4. The summed E-state index contributed by atoms with van der Waals surface area (Å²) < 4.78 is 61.3. The SMILES string of the molecule is COCC(=O)N1N=C(c2cc(F)ccc2F)SC12CCCc1ccccc12.O=C(C1CC1)N1N=C(c2cc(F)ccc2F)SC12CCCc1ccccc12. The fraction of sp³-hybridized carbons (Fsp3) is 0.317. The molecule has 7 nitrogen and oxygen atoms in total. The molecule has 1 fully saturated rings. The zero-order valence-electron chi connectivity index (χ0n) is 29.4. The third-order valence-corrected chi connectivity index (χ3v) is 13.2. The van der Waals surface area contributed by atoms with Crippen molar-refractivity contribution in [1.82, 2.24) is 10.0 Å². The monoisotopic (exact) mass is 772 g/mol. The van der Waals surface area contributed by atoms with Gasteiger partial charge in [0.25, 0.3) is 5.91 Å². The second-order valence-corrected chi connectivity index (χ2v) is 16.4. The molecule has 0 radical (unpaired) electrons. The summed E-state index contributed by atoms with van der Waals surface area (Å²) in [5.41, 5.74) is 4.57. The highest BCUT2D eigenvalue weighted by atomic mass is 32.2. The van der Waals surface area contributed by atoms with Gasteiger partial charge in [0, 0.05) is 24.2 Å². The second-order valence-electron chi connectivity index (χ2n) is 13.9. The van der Waals surface area contributed by atoms with E-state index in [-0.39, 0.29) is 35.5 Å². The normalized spacial score (nSPS) is 22.7. The van der Waals surface area contributed by atoms with Gasteiger partial charge in [-0.1, -0.05) is 72.1 Å². The van der Waals surface area contributed by atoms with E-state index in [1.807, 2.05) is 42.5 Å². The van der Waals surface area contributed by atoms with Crippen molar-refractivity contribution in [1.29, 1.82) is 0 Å². The number of halogens is 4. The number of thioether (sulfide) groups is 2. The first-order valence-electron chi connectivity index (χ1n) is 17.9. The van der Waals surface area contributed by atoms with Crippen LogP contribution in [-0.2, 0) is 36.9 Å². The molecule has 4 aromatic carbocycles. The van der Waals surface area contributed by atoms with E-state index < -0.39 is 33.0 Å². The standard InChI is InChI=1S/C21H18F2N2OS.C20H18F2N2O2S/c22-15-9-10-18(23)16(12-15)19-24-25(20(26)14-7-8-14)21(27-19)11-3-5-13-4-1-2-6-17(13)21;1-26-12-18(25)24-20(10-4-6-13-5-2-3-7-16(13)20)27-19(23-24)15-11-14(21)8-9-17(15)22/h1-2,4,6,9-10,12,14H,3,5,7-8,11H2;2-3,5,7-9,11H,4,6,10,12H2,1H3. The topological polar surface area (TPSA) is 74.6 Å². The Hall–Kier alpha value is -4.46. The lowest BCUT2D eigenvalue weighted by atomic mass is 9.86. The molecule has 2 spiro atoms. The van der Waals surface area contributed by atoms with Gasteiger partial charge >= 0.3 is 0 Å². The number of hydrogen-bond acceptors (Lipinski definition) is 7. The number of hydrazone groups is 2. The van der Waals surface area contributed by atoms with Crippen LogP contribution in [0.3, 0.4) is 0 Å². The molecule has 0 saturated heterocycles. The Morgan fingerprint density at radius 2 is 1.20 bits per heavy atom. The predicted molar refractivity (Wildman–Crippen MR) is 201 cm³/mol. The van der Waals surface area contributed by atoms with Crippen molar-refractivity contribution >= 4 is 45.4 Å². The summed E-state index contributed by atoms with van der Waals surface area (Å²) in [6.07, 6.45) is 6.82. The molecule has 13 heteroatoms. The number of amides is 2. The van der Waals surface area contributed by atoms with Crippen LogP contribution in [0.1, 0.15) is 71.9 Å². The first kappa shape index (κ1) is 36.5. The maximum absolute atomic E-state index is 14.4. The van der Waals surface area contributed by atoms with E-state index in [2.05, 4.69) is 16.3 Å². The second kappa shape index (κ2) is 14.6. The quantitative estimate of drug-likeness (QED) is 0.190. The summed E-state index contributed by atoms with van der Waals surface area (Å²) in [7, 11) is 1.44. The number of nitrogens with zero attached hydrogens (tertiary/aromatic N) is 4. The van der Waals surface area contributed by atoms with Crippen LogP contribution in [0.25, 0.3) is 0 Å². The Balaban J connectivity index is 0.000000153. The molecule has 4 aromatic rings. The van der Waals surface area contributed by atoms with Crippen molar-refractivity contribution in [3.8, 4) is 0 Å². The molecule has 278 valence electrons. The van der Waals surface area contributed by atoms with Gasteiger partial charge in [-0.25, -0.2) is 27.6 Å². The Bertz CT molecular complexity index is 2210. The number of benzene rings is 4. The van der Waals surface area contributed by atoms with Gasteiger partial charge < -0.3 is 4.74 Å². The van der Waals surface area contributed by atoms with Crippen molar-refractivity contribution in [2.24, 2.45) is 16.1 Å². The van der Waals surface area contributed by atoms with E-state index >= 15 is 0 Å². The first-order chi connectivity index (χ1) is 26.1. The van der Waals surface area contributed by atoms with Crippen molar-refractivity contribution in [2.45, 2.75) is 61.1 Å². The molecule has 0 bridgehead atoms. The summed E-state index contributed by atoms with van der Waals surface area (Å²) in [6.45, 7) is -0.132. The zero-order chi connectivity index (χ0) is 37.6. The number of methoxy groups -OCH3 is 1. The molecule has 54 heavy (non-hydrogen) atoms. The van der Waals surface area contributed by atoms with Crippen LogP contribution in [0.15, 0.2) is 95.1 Å². The fourth-order valence-electron chi connectivity index (χ4n) is 7.70. The Morgan fingerprint density at radius 1 is 0.722 bits per heavy atom. The minimum Gasteiger partial charge on any atom is -0.375 e. The van der Waals surface area contributed by atoms with Crippen LogP contribution in [0, 0.1) is 29.2 Å². The Morgan fingerprint density at radius 3 is 1.70 bits per heavy atom. The summed E-state index contributed by atoms with van der Waals surface area (Å²) in [5.74, 6) is -2.48. The van der Waals surface area contributed by atoms with Gasteiger partial charge in [-0.3, -0.25) is 9.59 Å². The lowest BCUT2D eigenvalue weighted by molar-refractivity contribution is -0.139. The van der Waals surface area contributed by atoms with Gasteiger partial charge in [-0.05, 0) is 110 Å². The van der Waals surface area contributed by atoms with E-state index in [9.17, 15) is 27.2 Å². The van der Waals surface area contributed by atoms with Gasteiger partial charge in [-0.2, -0.15) is 10.2 Å². The number of hydrogen-bond donors (Lipinski definition) is 0. The molecule has 0 aromatic heterocycles. The Kier molecular flexibility index (Phi) is 9.90. The third-order valence-electron chi connectivity index (χ3n) is 10.4. The van der Waals surface area contributed by atoms with E-state index in [4.69, 9.17) is 4.74 Å². The first-order valence-corrected chi connectivity index (χ1v) is 19.6. The minimum absolute atomic E-state index is 0.00276. The highest BCUT2D eigenvalue weighted by Crippen LogP contribution is 2.56. The van der Waals surface area contributed by atoms with Gasteiger partial charge in [0.1, 0.15) is 49.7 Å². The molecular formula is C41H36F4N4O3S2. The number of ether oxygens (including phenoxy) is 1. The van der Waals surface area contributed by atoms with Crippen molar-refractivity contribution in [2.75, 3.05) is 13.7 Å². The predicted octanol–water partition coefficient (Wildman–Crippen LogP) is 8.84. The van der Waals surface area contributed by atoms with Crippen LogP contribution in [0.4, 0.5) is 17.6 Å². The van der Waals surface area contributed by atoms with Crippen molar-refractivity contribution < 1.29 is 31.9 Å². The zero-order valence-corrected chi connectivity index (χ0v) is 31.0. The molecule has 1 saturated carbocycles. The third kappa shape index (κ3) is 6.53. The van der Waals surface area contributed by atoms with Crippen LogP contribution in [0.2, 0.25) is 0 Å². The van der Waals surface area contributed by atoms with Crippen LogP contribution >= 0.6 is 23.5 Å². The molecule has 2 amide bonds. The molecule has 2 aliphatic heterocycles. The van der Waals surface area contributed by atoms with Gasteiger partial charge in [0.15, 0.2) is 0 Å². The molecular weight excluding hydrogens is 737 g/mol. The van der Waals surface area contributed by atoms with Crippen molar-refractivity contribution in [3.63, 3.8) is 0 Å². The van der Waals surface area contributed by atoms with Gasteiger partial charge in [0.2, 0.25) is 5.91 Å². The lowest BCUT2D eigenvalue weighted by Gasteiger charge is -2.40. The fourth-order valence-corrected chi connectivity index (χ4v) is 10.7. The molecule has 2 unspecified atom stereocenters. The molecule has 3 aliphatic carbocycles. The van der Waals surface area contributed by atoms with Crippen LogP contribution in [0.5, 0.6) is 0 Å². The summed E-state index contributed by atoms with van der Waals surface area (Å²) in [5, 5.41) is 12.6. The number of rotatable bonds is 5. The highest BCUT2D eigenvalue weighted by Gasteiger charge is 2.54. The maximum atomic E-state index is 14.4. The van der Waals surface area contributed by atoms with E-state index in [0.29, 0.717) is 16.5 Å². The number of carbonyl (C=O) groups is 2. The van der Waals surface area contributed by atoms with E-state index in [1.54, 1.807) is 5.01 Å². The molecule has 9 rings (SSSR count). The van der Waals surface area contributed by atoms with E-state index in [0.717, 1.165) is 98.0 Å². The maximum Gasteiger partial charge on any atom is 0.270 e. The van der Waals surface area contributed by atoms with Crippen LogP contribution < -0.4 is 0 Å². The summed E-state index contributed by atoms with van der Waals surface area (Å²) in [4.78, 5) is 24.4. The number of carbonyl (C=O) groups excluding carboxylic acids is 2. The molecule has 5 aliphatic rings. The summed E-state index contributed by atoms with van der Waals surface area (Å²) >= 11 is 2.69. The summed E-state index contributed by atoms with van der Waals surface area (Å²) in [6, 6.07) is 22.6. The van der Waals surface area contributed by atoms with Crippen LogP contribution in [-0.4, -0.2) is 45.6 Å².